The van der Waals surface area contributed by atoms with Crippen LogP contribution in [0.25, 0.3) is 10.9 Å². The molecule has 1 fully saturated rings. The summed E-state index contributed by atoms with van der Waals surface area (Å²) in [5.74, 6) is 1.62. The first-order valence-corrected chi connectivity index (χ1v) is 7.33. The van der Waals surface area contributed by atoms with Crippen molar-refractivity contribution >= 4 is 16.7 Å². The van der Waals surface area contributed by atoms with Crippen molar-refractivity contribution in [1.29, 1.82) is 0 Å². The summed E-state index contributed by atoms with van der Waals surface area (Å²) in [6, 6.07) is 6.55. The van der Waals surface area contributed by atoms with E-state index in [-0.39, 0.29) is 0 Å². The number of rotatable bonds is 2. The van der Waals surface area contributed by atoms with Gasteiger partial charge in [-0.25, -0.2) is 9.97 Å². The summed E-state index contributed by atoms with van der Waals surface area (Å²) in [5.41, 5.74) is 2.39. The fourth-order valence-electron chi connectivity index (χ4n) is 2.69. The van der Waals surface area contributed by atoms with Crippen LogP contribution in [0.5, 0.6) is 0 Å². The highest BCUT2D eigenvalue weighted by molar-refractivity contribution is 5.90. The number of hydrogen-bond donors (Lipinski definition) is 0. The van der Waals surface area contributed by atoms with Gasteiger partial charge >= 0.3 is 0 Å². The minimum atomic E-state index is 0.528. The van der Waals surface area contributed by atoms with Crippen LogP contribution in [0.2, 0.25) is 0 Å². The lowest BCUT2D eigenvalue weighted by Crippen LogP contribution is -2.44. The molecule has 0 aliphatic carbocycles. The van der Waals surface area contributed by atoms with Crippen molar-refractivity contribution in [3.63, 3.8) is 0 Å². The Morgan fingerprint density at radius 1 is 1.05 bits per heavy atom. The molecule has 3 rings (SSSR count). The van der Waals surface area contributed by atoms with Gasteiger partial charge in [0.25, 0.3) is 0 Å². The third-order valence-corrected chi connectivity index (χ3v) is 4.11. The van der Waals surface area contributed by atoms with Crippen LogP contribution < -0.4 is 4.90 Å². The first-order valence-electron chi connectivity index (χ1n) is 7.33. The lowest BCUT2D eigenvalue weighted by molar-refractivity contribution is 0.312. The van der Waals surface area contributed by atoms with Crippen LogP contribution in [0.15, 0.2) is 24.5 Å². The van der Waals surface area contributed by atoms with Gasteiger partial charge < -0.3 is 9.80 Å². The van der Waals surface area contributed by atoms with Gasteiger partial charge in [-0.15, -0.1) is 0 Å². The fourth-order valence-corrected chi connectivity index (χ4v) is 2.69. The summed E-state index contributed by atoms with van der Waals surface area (Å²) in [4.78, 5) is 13.7. The zero-order chi connectivity index (χ0) is 14.1. The molecular weight excluding hydrogens is 248 g/mol. The van der Waals surface area contributed by atoms with E-state index >= 15 is 0 Å². The maximum atomic E-state index is 4.55. The molecule has 0 unspecified atom stereocenters. The predicted molar refractivity (Wildman–Crippen MR) is 83.3 cm³/mol. The molecular formula is C16H22N4. The molecule has 2 aromatic rings. The highest BCUT2D eigenvalue weighted by atomic mass is 15.3. The highest BCUT2D eigenvalue weighted by Gasteiger charge is 2.18. The molecule has 1 aliphatic heterocycles. The van der Waals surface area contributed by atoms with E-state index in [1.54, 1.807) is 6.33 Å². The molecule has 0 bridgehead atoms. The van der Waals surface area contributed by atoms with Crippen LogP contribution in [0.3, 0.4) is 0 Å². The molecule has 4 heteroatoms. The van der Waals surface area contributed by atoms with E-state index in [0.29, 0.717) is 5.92 Å². The Bertz CT molecular complexity index is 600. The molecule has 0 atom stereocenters. The monoisotopic (exact) mass is 270 g/mol. The zero-order valence-electron chi connectivity index (χ0n) is 12.5. The van der Waals surface area contributed by atoms with Gasteiger partial charge in [0.2, 0.25) is 0 Å². The van der Waals surface area contributed by atoms with Crippen molar-refractivity contribution in [2.75, 3.05) is 38.1 Å². The van der Waals surface area contributed by atoms with E-state index in [1.807, 2.05) is 0 Å². The number of fused-ring (bicyclic) bond motifs is 1. The third kappa shape index (κ3) is 2.48. The Morgan fingerprint density at radius 2 is 1.80 bits per heavy atom. The Balaban J connectivity index is 2.03. The van der Waals surface area contributed by atoms with Gasteiger partial charge in [-0.2, -0.15) is 0 Å². The summed E-state index contributed by atoms with van der Waals surface area (Å²) in [7, 11) is 2.17. The quantitative estimate of drug-likeness (QED) is 0.839. The van der Waals surface area contributed by atoms with Crippen molar-refractivity contribution in [3.05, 3.63) is 30.1 Å². The summed E-state index contributed by atoms with van der Waals surface area (Å²) in [5, 5.41) is 1.18. The van der Waals surface area contributed by atoms with Gasteiger partial charge in [0.05, 0.1) is 5.52 Å². The first-order chi connectivity index (χ1) is 9.65. The SMILES string of the molecule is CC(C)c1ccc2ncnc(N3CCN(C)CC3)c2c1. The molecule has 4 nitrogen and oxygen atoms in total. The standard InChI is InChI=1S/C16H22N4/c1-12(2)13-4-5-15-14(10-13)16(18-11-17-15)20-8-6-19(3)7-9-20/h4-5,10-12H,6-9H2,1-3H3. The van der Waals surface area contributed by atoms with Crippen LogP contribution in [0.1, 0.15) is 25.3 Å². The molecule has 20 heavy (non-hydrogen) atoms. The lowest BCUT2D eigenvalue weighted by Gasteiger charge is -2.33. The highest BCUT2D eigenvalue weighted by Crippen LogP contribution is 2.27. The second-order valence-electron chi connectivity index (χ2n) is 5.92. The van der Waals surface area contributed by atoms with Crippen LogP contribution in [-0.2, 0) is 0 Å². The average molecular weight is 270 g/mol. The van der Waals surface area contributed by atoms with Crippen LogP contribution >= 0.6 is 0 Å². The molecule has 0 amide bonds. The van der Waals surface area contributed by atoms with E-state index in [0.717, 1.165) is 37.5 Å². The lowest BCUT2D eigenvalue weighted by atomic mass is 10.0. The van der Waals surface area contributed by atoms with Gasteiger partial charge in [0, 0.05) is 31.6 Å². The number of anilines is 1. The molecule has 1 saturated heterocycles. The van der Waals surface area contributed by atoms with Gasteiger partial charge in [-0.3, -0.25) is 0 Å². The van der Waals surface area contributed by atoms with Crippen molar-refractivity contribution in [2.45, 2.75) is 19.8 Å². The second kappa shape index (κ2) is 5.37. The van der Waals surface area contributed by atoms with Crippen LogP contribution in [0.4, 0.5) is 5.82 Å². The van der Waals surface area contributed by atoms with Gasteiger partial charge in [-0.1, -0.05) is 19.9 Å². The summed E-state index contributed by atoms with van der Waals surface area (Å²) in [6.07, 6.45) is 1.69. The van der Waals surface area contributed by atoms with Crippen LogP contribution in [0, 0.1) is 0 Å². The normalized spacial score (nSPS) is 17.1. The molecule has 0 N–H and O–H groups in total. The second-order valence-corrected chi connectivity index (χ2v) is 5.92. The van der Waals surface area contributed by atoms with Gasteiger partial charge in [0.15, 0.2) is 0 Å². The van der Waals surface area contributed by atoms with Crippen molar-refractivity contribution < 1.29 is 0 Å². The maximum absolute atomic E-state index is 4.55. The number of piperazine rings is 1. The van der Waals surface area contributed by atoms with Crippen molar-refractivity contribution in [3.8, 4) is 0 Å². The predicted octanol–water partition coefficient (Wildman–Crippen LogP) is 2.51. The van der Waals surface area contributed by atoms with Gasteiger partial charge in [0.1, 0.15) is 12.1 Å². The Hall–Kier alpha value is -1.68. The molecule has 0 spiro atoms. The van der Waals surface area contributed by atoms with E-state index < -0.39 is 0 Å². The summed E-state index contributed by atoms with van der Waals surface area (Å²) in [6.45, 7) is 8.70. The minimum absolute atomic E-state index is 0.528. The molecule has 2 heterocycles. The summed E-state index contributed by atoms with van der Waals surface area (Å²) < 4.78 is 0. The molecule has 1 aromatic heterocycles. The minimum Gasteiger partial charge on any atom is -0.353 e. The third-order valence-electron chi connectivity index (χ3n) is 4.11. The van der Waals surface area contributed by atoms with Crippen LogP contribution in [-0.4, -0.2) is 48.1 Å². The Labute approximate surface area is 120 Å². The Morgan fingerprint density at radius 3 is 2.50 bits per heavy atom. The molecule has 1 aromatic carbocycles. The first kappa shape index (κ1) is 13.3. The molecule has 1 aliphatic rings. The Kier molecular flexibility index (Phi) is 3.57. The topological polar surface area (TPSA) is 32.3 Å². The number of hydrogen-bond acceptors (Lipinski definition) is 4. The van der Waals surface area contributed by atoms with E-state index in [2.05, 4.69) is 58.9 Å². The van der Waals surface area contributed by atoms with E-state index in [4.69, 9.17) is 0 Å². The zero-order valence-corrected chi connectivity index (χ0v) is 12.5. The fraction of sp³-hybridized carbons (Fsp3) is 0.500. The number of nitrogens with zero attached hydrogens (tertiary/aromatic N) is 4. The maximum Gasteiger partial charge on any atom is 0.139 e. The van der Waals surface area contributed by atoms with Gasteiger partial charge in [-0.05, 0) is 30.7 Å². The van der Waals surface area contributed by atoms with E-state index in [9.17, 15) is 0 Å². The molecule has 0 radical (unpaired) electrons. The summed E-state index contributed by atoms with van der Waals surface area (Å²) >= 11 is 0. The smallest absolute Gasteiger partial charge is 0.139 e. The number of benzene rings is 1. The number of aromatic nitrogens is 2. The largest absolute Gasteiger partial charge is 0.353 e. The van der Waals surface area contributed by atoms with E-state index in [1.165, 1.54) is 10.9 Å². The van der Waals surface area contributed by atoms with Crippen molar-refractivity contribution in [1.82, 2.24) is 14.9 Å². The van der Waals surface area contributed by atoms with Crippen molar-refractivity contribution in [2.24, 2.45) is 0 Å². The molecule has 106 valence electrons. The molecule has 0 saturated carbocycles. The average Bonchev–Trinajstić information content (AvgIpc) is 2.47. The number of likely N-dealkylation sites (N-methyl/N-ethyl adjacent to an activating group) is 1.